The number of carboxylic acid groups (broad SMARTS) is 1. The first-order chi connectivity index (χ1) is 7.34. The number of nitrogens with zero attached hydrogens (tertiary/aromatic N) is 1. The third-order valence-electron chi connectivity index (χ3n) is 2.80. The van der Waals surface area contributed by atoms with E-state index in [1.54, 1.807) is 0 Å². The van der Waals surface area contributed by atoms with Crippen molar-refractivity contribution in [2.75, 3.05) is 12.3 Å². The Morgan fingerprint density at radius 1 is 1.50 bits per heavy atom. The molecule has 0 radical (unpaired) electrons. The highest BCUT2D eigenvalue weighted by Crippen LogP contribution is 2.22. The number of carboxylic acids is 1. The van der Waals surface area contributed by atoms with Crippen LogP contribution in [0.25, 0.3) is 0 Å². The molecule has 0 bridgehead atoms. The Labute approximate surface area is 96.5 Å². The van der Waals surface area contributed by atoms with Crippen molar-refractivity contribution in [3.8, 4) is 0 Å². The molecule has 1 aliphatic heterocycles. The number of aliphatic carboxylic acids is 1. The molecular formula is C10H19NO4S. The monoisotopic (exact) mass is 249 g/mol. The van der Waals surface area contributed by atoms with Gasteiger partial charge in [0.25, 0.3) is 0 Å². The highest BCUT2D eigenvalue weighted by Gasteiger charge is 2.38. The molecule has 1 rings (SSSR count). The lowest BCUT2D eigenvalue weighted by Gasteiger charge is -2.21. The summed E-state index contributed by atoms with van der Waals surface area (Å²) in [5.41, 5.74) is 0. The van der Waals surface area contributed by atoms with E-state index in [1.807, 2.05) is 13.8 Å². The summed E-state index contributed by atoms with van der Waals surface area (Å²) in [7, 11) is -3.40. The van der Waals surface area contributed by atoms with Crippen LogP contribution >= 0.6 is 0 Å². The zero-order chi connectivity index (χ0) is 12.3. The summed E-state index contributed by atoms with van der Waals surface area (Å²) in [6.07, 6.45) is 1.64. The van der Waals surface area contributed by atoms with Gasteiger partial charge in [0.1, 0.15) is 6.04 Å². The number of hydrogen-bond donors (Lipinski definition) is 1. The van der Waals surface area contributed by atoms with Gasteiger partial charge in [0.2, 0.25) is 10.0 Å². The summed E-state index contributed by atoms with van der Waals surface area (Å²) >= 11 is 0. The van der Waals surface area contributed by atoms with Gasteiger partial charge < -0.3 is 5.11 Å². The first-order valence-electron chi connectivity index (χ1n) is 5.57. The Bertz CT molecular complexity index is 350. The summed E-state index contributed by atoms with van der Waals surface area (Å²) in [4.78, 5) is 10.9. The minimum absolute atomic E-state index is 0.0500. The van der Waals surface area contributed by atoms with E-state index in [-0.39, 0.29) is 5.75 Å². The molecule has 1 aliphatic rings. The van der Waals surface area contributed by atoms with Crippen LogP contribution in [0.1, 0.15) is 33.1 Å². The maximum atomic E-state index is 11.9. The lowest BCUT2D eigenvalue weighted by atomic mass is 10.2. The molecule has 16 heavy (non-hydrogen) atoms. The highest BCUT2D eigenvalue weighted by atomic mass is 32.2. The van der Waals surface area contributed by atoms with E-state index < -0.39 is 22.0 Å². The topological polar surface area (TPSA) is 74.7 Å². The van der Waals surface area contributed by atoms with Crippen molar-refractivity contribution in [1.29, 1.82) is 0 Å². The lowest BCUT2D eigenvalue weighted by Crippen LogP contribution is -2.41. The molecule has 0 aromatic carbocycles. The average Bonchev–Trinajstić information content (AvgIpc) is 2.63. The molecule has 1 atom stereocenters. The maximum Gasteiger partial charge on any atom is 0.322 e. The molecular weight excluding hydrogens is 230 g/mol. The largest absolute Gasteiger partial charge is 0.480 e. The third-order valence-corrected chi connectivity index (χ3v) is 4.70. The highest BCUT2D eigenvalue weighted by molar-refractivity contribution is 7.89. The molecule has 1 heterocycles. The molecule has 94 valence electrons. The van der Waals surface area contributed by atoms with E-state index in [1.165, 1.54) is 0 Å². The van der Waals surface area contributed by atoms with Crippen LogP contribution in [-0.4, -0.2) is 42.1 Å². The molecule has 0 amide bonds. The van der Waals surface area contributed by atoms with E-state index in [0.29, 0.717) is 31.7 Å². The van der Waals surface area contributed by atoms with Gasteiger partial charge >= 0.3 is 5.97 Å². The predicted molar refractivity (Wildman–Crippen MR) is 60.6 cm³/mol. The third kappa shape index (κ3) is 3.18. The molecule has 6 heteroatoms. The van der Waals surface area contributed by atoms with E-state index in [0.717, 1.165) is 4.31 Å². The van der Waals surface area contributed by atoms with E-state index in [2.05, 4.69) is 0 Å². The summed E-state index contributed by atoms with van der Waals surface area (Å²) in [5.74, 6) is -0.680. The minimum Gasteiger partial charge on any atom is -0.480 e. The normalized spacial score (nSPS) is 22.8. The van der Waals surface area contributed by atoms with Crippen molar-refractivity contribution < 1.29 is 18.3 Å². The summed E-state index contributed by atoms with van der Waals surface area (Å²) in [6.45, 7) is 4.25. The molecule has 1 fully saturated rings. The van der Waals surface area contributed by atoms with Crippen molar-refractivity contribution >= 4 is 16.0 Å². The van der Waals surface area contributed by atoms with E-state index in [4.69, 9.17) is 5.11 Å². The smallest absolute Gasteiger partial charge is 0.322 e. The Morgan fingerprint density at radius 3 is 2.62 bits per heavy atom. The molecule has 1 saturated heterocycles. The molecule has 0 aromatic heterocycles. The van der Waals surface area contributed by atoms with Crippen LogP contribution < -0.4 is 0 Å². The quantitative estimate of drug-likeness (QED) is 0.786. The van der Waals surface area contributed by atoms with Crippen LogP contribution in [0.5, 0.6) is 0 Å². The van der Waals surface area contributed by atoms with Crippen molar-refractivity contribution in [1.82, 2.24) is 4.31 Å². The molecule has 5 nitrogen and oxygen atoms in total. The molecule has 0 aromatic rings. The van der Waals surface area contributed by atoms with Crippen molar-refractivity contribution in [3.05, 3.63) is 0 Å². The van der Waals surface area contributed by atoms with Gasteiger partial charge in [0.15, 0.2) is 0 Å². The van der Waals surface area contributed by atoms with Gasteiger partial charge in [-0.1, -0.05) is 13.8 Å². The van der Waals surface area contributed by atoms with Gasteiger partial charge in [-0.25, -0.2) is 8.42 Å². The SMILES string of the molecule is CC(C)CCS(=O)(=O)N1CCCC1C(=O)O. The minimum atomic E-state index is -3.40. The first-order valence-corrected chi connectivity index (χ1v) is 7.18. The average molecular weight is 249 g/mol. The van der Waals surface area contributed by atoms with Crippen molar-refractivity contribution in [2.24, 2.45) is 5.92 Å². The Balaban J connectivity index is 2.71. The van der Waals surface area contributed by atoms with Crippen molar-refractivity contribution in [2.45, 2.75) is 39.2 Å². The summed E-state index contributed by atoms with van der Waals surface area (Å²) in [5, 5.41) is 8.92. The zero-order valence-corrected chi connectivity index (χ0v) is 10.5. The second kappa shape index (κ2) is 5.14. The van der Waals surface area contributed by atoms with Crippen LogP contribution in [0, 0.1) is 5.92 Å². The van der Waals surface area contributed by atoms with E-state index >= 15 is 0 Å². The second-order valence-corrected chi connectivity index (χ2v) is 6.65. The van der Waals surface area contributed by atoms with Crippen LogP contribution in [-0.2, 0) is 14.8 Å². The summed E-state index contributed by atoms with van der Waals surface area (Å²) in [6, 6.07) is -0.850. The number of rotatable bonds is 5. The van der Waals surface area contributed by atoms with Gasteiger partial charge in [-0.05, 0) is 25.2 Å². The Morgan fingerprint density at radius 2 is 2.12 bits per heavy atom. The molecule has 0 spiro atoms. The number of hydrogen-bond acceptors (Lipinski definition) is 3. The zero-order valence-electron chi connectivity index (χ0n) is 9.72. The molecule has 1 N–H and O–H groups in total. The van der Waals surface area contributed by atoms with E-state index in [9.17, 15) is 13.2 Å². The fourth-order valence-corrected chi connectivity index (χ4v) is 3.82. The van der Waals surface area contributed by atoms with Crippen LogP contribution in [0.4, 0.5) is 0 Å². The number of sulfonamides is 1. The molecule has 1 unspecified atom stereocenters. The van der Waals surface area contributed by atoms with Crippen LogP contribution in [0.15, 0.2) is 0 Å². The molecule has 0 saturated carbocycles. The van der Waals surface area contributed by atoms with Gasteiger partial charge in [-0.2, -0.15) is 4.31 Å². The van der Waals surface area contributed by atoms with Gasteiger partial charge in [-0.15, -0.1) is 0 Å². The van der Waals surface area contributed by atoms with Gasteiger partial charge in [-0.3, -0.25) is 4.79 Å². The standard InChI is InChI=1S/C10H19NO4S/c1-8(2)5-7-16(14,15)11-6-3-4-9(11)10(12)13/h8-9H,3-7H2,1-2H3,(H,12,13). The van der Waals surface area contributed by atoms with Crippen LogP contribution in [0.2, 0.25) is 0 Å². The predicted octanol–water partition coefficient (Wildman–Crippen LogP) is 0.911. The van der Waals surface area contributed by atoms with Gasteiger partial charge in [0, 0.05) is 6.54 Å². The van der Waals surface area contributed by atoms with Crippen molar-refractivity contribution in [3.63, 3.8) is 0 Å². The number of carbonyl (C=O) groups is 1. The Kier molecular flexibility index (Phi) is 4.32. The fourth-order valence-electron chi connectivity index (χ4n) is 1.82. The first kappa shape index (κ1) is 13.4. The maximum absolute atomic E-state index is 11.9. The Hall–Kier alpha value is -0.620. The van der Waals surface area contributed by atoms with Crippen LogP contribution in [0.3, 0.4) is 0 Å². The lowest BCUT2D eigenvalue weighted by molar-refractivity contribution is -0.140. The second-order valence-electron chi connectivity index (χ2n) is 4.61. The molecule has 0 aliphatic carbocycles. The fraction of sp³-hybridized carbons (Fsp3) is 0.900. The van der Waals surface area contributed by atoms with Gasteiger partial charge in [0.05, 0.1) is 5.75 Å². The summed E-state index contributed by atoms with van der Waals surface area (Å²) < 4.78 is 25.0.